The van der Waals surface area contributed by atoms with E-state index in [0.717, 1.165) is 42.7 Å². The summed E-state index contributed by atoms with van der Waals surface area (Å²) in [5.41, 5.74) is 3.37. The van der Waals surface area contributed by atoms with Crippen LogP contribution in [0.4, 0.5) is 11.4 Å². The van der Waals surface area contributed by atoms with Crippen molar-refractivity contribution in [2.45, 2.75) is 31.7 Å². The summed E-state index contributed by atoms with van der Waals surface area (Å²) in [5.74, 6) is -0.00779. The van der Waals surface area contributed by atoms with Gasteiger partial charge in [0, 0.05) is 42.8 Å². The number of benzene rings is 1. The van der Waals surface area contributed by atoms with E-state index in [1.54, 1.807) is 29.4 Å². The largest absolute Gasteiger partial charge is 0.326 e. The minimum absolute atomic E-state index is 0. The zero-order valence-electron chi connectivity index (χ0n) is 15.4. The SMILES string of the molecule is Cl.Cl.O=C(CC1CCCN1)Nc1ccc2c(c1)CCN2C(=O)c1cccnc1. The molecule has 1 fully saturated rings. The lowest BCUT2D eigenvalue weighted by Gasteiger charge is -2.17. The van der Waals surface area contributed by atoms with Crippen LogP contribution in [-0.2, 0) is 11.2 Å². The lowest BCUT2D eigenvalue weighted by Crippen LogP contribution is -2.29. The first kappa shape index (κ1) is 22.1. The fourth-order valence-corrected chi connectivity index (χ4v) is 3.70. The first-order chi connectivity index (χ1) is 12.7. The first-order valence-electron chi connectivity index (χ1n) is 9.09. The van der Waals surface area contributed by atoms with Gasteiger partial charge in [0.05, 0.1) is 5.56 Å². The van der Waals surface area contributed by atoms with Gasteiger partial charge in [0.15, 0.2) is 0 Å². The normalized spacial score (nSPS) is 17.3. The van der Waals surface area contributed by atoms with E-state index in [0.29, 0.717) is 18.5 Å². The van der Waals surface area contributed by atoms with E-state index < -0.39 is 0 Å². The van der Waals surface area contributed by atoms with Gasteiger partial charge in [-0.2, -0.15) is 0 Å². The van der Waals surface area contributed by atoms with Crippen LogP contribution in [0, 0.1) is 0 Å². The summed E-state index contributed by atoms with van der Waals surface area (Å²) in [6.07, 6.45) is 6.73. The molecule has 4 rings (SSSR count). The molecular formula is C20H24Cl2N4O2. The van der Waals surface area contributed by atoms with E-state index in [1.165, 1.54) is 0 Å². The van der Waals surface area contributed by atoms with E-state index in [2.05, 4.69) is 15.6 Å². The van der Waals surface area contributed by atoms with Gasteiger partial charge in [-0.3, -0.25) is 14.6 Å². The van der Waals surface area contributed by atoms with Crippen molar-refractivity contribution >= 4 is 48.0 Å². The minimum atomic E-state index is -0.0408. The molecule has 1 unspecified atom stereocenters. The number of carbonyl (C=O) groups is 2. The number of anilines is 2. The number of rotatable bonds is 4. The average Bonchev–Trinajstić information content (AvgIpc) is 3.31. The Morgan fingerprint density at radius 3 is 2.82 bits per heavy atom. The number of hydrogen-bond acceptors (Lipinski definition) is 4. The molecule has 28 heavy (non-hydrogen) atoms. The van der Waals surface area contributed by atoms with Crippen molar-refractivity contribution in [3.63, 3.8) is 0 Å². The van der Waals surface area contributed by atoms with Gasteiger partial charge in [-0.15, -0.1) is 24.8 Å². The zero-order chi connectivity index (χ0) is 17.9. The molecule has 0 radical (unpaired) electrons. The van der Waals surface area contributed by atoms with Crippen molar-refractivity contribution in [3.8, 4) is 0 Å². The molecule has 0 spiro atoms. The molecule has 2 aromatic rings. The van der Waals surface area contributed by atoms with Gasteiger partial charge in [-0.1, -0.05) is 0 Å². The van der Waals surface area contributed by atoms with Crippen LogP contribution in [0.25, 0.3) is 0 Å². The lowest BCUT2D eigenvalue weighted by molar-refractivity contribution is -0.116. The van der Waals surface area contributed by atoms with Gasteiger partial charge in [0.25, 0.3) is 5.91 Å². The Hall–Kier alpha value is -2.15. The fourth-order valence-electron chi connectivity index (χ4n) is 3.70. The monoisotopic (exact) mass is 422 g/mol. The van der Waals surface area contributed by atoms with Gasteiger partial charge in [-0.25, -0.2) is 0 Å². The van der Waals surface area contributed by atoms with Crippen LogP contribution >= 0.6 is 24.8 Å². The molecule has 2 N–H and O–H groups in total. The molecule has 6 nitrogen and oxygen atoms in total. The van der Waals surface area contributed by atoms with E-state index >= 15 is 0 Å². The van der Waals surface area contributed by atoms with Crippen molar-refractivity contribution in [2.75, 3.05) is 23.3 Å². The van der Waals surface area contributed by atoms with E-state index in [1.807, 2.05) is 18.2 Å². The number of nitrogens with one attached hydrogen (secondary N) is 2. The second-order valence-electron chi connectivity index (χ2n) is 6.84. The molecule has 2 aliphatic heterocycles. The highest BCUT2D eigenvalue weighted by molar-refractivity contribution is 6.07. The van der Waals surface area contributed by atoms with Crippen LogP contribution in [-0.4, -0.2) is 35.9 Å². The number of aromatic nitrogens is 1. The standard InChI is InChI=1S/C20H22N4O2.2ClH/c25-19(12-16-4-2-9-22-16)23-17-5-6-18-14(11-17)7-10-24(18)20(26)15-3-1-8-21-13-15;;/h1,3,5-6,8,11,13,16,22H,2,4,7,9-10,12H2,(H,23,25);2*1H. The number of nitrogens with zero attached hydrogens (tertiary/aromatic N) is 2. The maximum Gasteiger partial charge on any atom is 0.259 e. The second-order valence-corrected chi connectivity index (χ2v) is 6.84. The zero-order valence-corrected chi connectivity index (χ0v) is 17.0. The first-order valence-corrected chi connectivity index (χ1v) is 9.09. The molecule has 150 valence electrons. The Morgan fingerprint density at radius 1 is 1.25 bits per heavy atom. The highest BCUT2D eigenvalue weighted by Gasteiger charge is 2.26. The summed E-state index contributed by atoms with van der Waals surface area (Å²) in [7, 11) is 0. The smallest absolute Gasteiger partial charge is 0.259 e. The molecule has 8 heteroatoms. The molecule has 1 atom stereocenters. The Balaban J connectivity index is 0.00000140. The van der Waals surface area contributed by atoms with Crippen LogP contribution in [0.3, 0.4) is 0 Å². The highest BCUT2D eigenvalue weighted by Crippen LogP contribution is 2.31. The van der Waals surface area contributed by atoms with Gasteiger partial charge in [0.1, 0.15) is 0 Å². The number of hydrogen-bond donors (Lipinski definition) is 2. The number of amides is 2. The van der Waals surface area contributed by atoms with Gasteiger partial charge in [0.2, 0.25) is 5.91 Å². The Morgan fingerprint density at radius 2 is 2.11 bits per heavy atom. The average molecular weight is 423 g/mol. The maximum absolute atomic E-state index is 12.7. The minimum Gasteiger partial charge on any atom is -0.326 e. The van der Waals surface area contributed by atoms with Crippen molar-refractivity contribution in [2.24, 2.45) is 0 Å². The Bertz CT molecular complexity index is 826. The number of halogens is 2. The summed E-state index contributed by atoms with van der Waals surface area (Å²) in [5, 5.41) is 6.32. The number of fused-ring (bicyclic) bond motifs is 1. The Kier molecular flexibility index (Phi) is 7.80. The lowest BCUT2D eigenvalue weighted by atomic mass is 10.1. The number of pyridine rings is 1. The summed E-state index contributed by atoms with van der Waals surface area (Å²) in [4.78, 5) is 30.7. The third-order valence-corrected chi connectivity index (χ3v) is 5.01. The van der Waals surface area contributed by atoms with Crippen LogP contribution in [0.1, 0.15) is 35.2 Å². The summed E-state index contributed by atoms with van der Waals surface area (Å²) >= 11 is 0. The summed E-state index contributed by atoms with van der Waals surface area (Å²) in [6.45, 7) is 1.64. The summed E-state index contributed by atoms with van der Waals surface area (Å²) in [6, 6.07) is 9.60. The van der Waals surface area contributed by atoms with Crippen LogP contribution in [0.15, 0.2) is 42.7 Å². The highest BCUT2D eigenvalue weighted by atomic mass is 35.5. The van der Waals surface area contributed by atoms with Crippen molar-refractivity contribution in [1.29, 1.82) is 0 Å². The molecule has 2 aliphatic rings. The predicted molar refractivity (Wildman–Crippen MR) is 115 cm³/mol. The molecule has 1 saturated heterocycles. The molecule has 2 amide bonds. The van der Waals surface area contributed by atoms with Crippen LogP contribution < -0.4 is 15.5 Å². The quantitative estimate of drug-likeness (QED) is 0.792. The fraction of sp³-hybridized carbons (Fsp3) is 0.350. The summed E-state index contributed by atoms with van der Waals surface area (Å²) < 4.78 is 0. The van der Waals surface area contributed by atoms with E-state index in [9.17, 15) is 9.59 Å². The van der Waals surface area contributed by atoms with Crippen molar-refractivity contribution < 1.29 is 9.59 Å². The Labute approximate surface area is 176 Å². The predicted octanol–water partition coefficient (Wildman–Crippen LogP) is 3.21. The topological polar surface area (TPSA) is 74.3 Å². The third-order valence-electron chi connectivity index (χ3n) is 5.01. The van der Waals surface area contributed by atoms with Crippen molar-refractivity contribution in [3.05, 3.63) is 53.9 Å². The molecule has 0 bridgehead atoms. The van der Waals surface area contributed by atoms with Crippen molar-refractivity contribution in [1.82, 2.24) is 10.3 Å². The molecular weight excluding hydrogens is 399 g/mol. The van der Waals surface area contributed by atoms with Crippen LogP contribution in [0.2, 0.25) is 0 Å². The van der Waals surface area contributed by atoms with Gasteiger partial charge < -0.3 is 15.5 Å². The molecule has 3 heterocycles. The molecule has 0 aliphatic carbocycles. The maximum atomic E-state index is 12.7. The van der Waals surface area contributed by atoms with E-state index in [4.69, 9.17) is 0 Å². The molecule has 1 aromatic carbocycles. The van der Waals surface area contributed by atoms with Gasteiger partial charge >= 0.3 is 0 Å². The third kappa shape index (κ3) is 4.82. The molecule has 1 aromatic heterocycles. The van der Waals surface area contributed by atoms with E-state index in [-0.39, 0.29) is 42.7 Å². The molecule has 0 saturated carbocycles. The second kappa shape index (κ2) is 9.87. The number of carbonyl (C=O) groups excluding carboxylic acids is 2. The van der Waals surface area contributed by atoms with Gasteiger partial charge in [-0.05, 0) is 61.7 Å². The van der Waals surface area contributed by atoms with Crippen LogP contribution in [0.5, 0.6) is 0 Å².